The number of alkyl halides is 1. The Labute approximate surface area is 112 Å². The Kier molecular flexibility index (Phi) is 3.80. The summed E-state index contributed by atoms with van der Waals surface area (Å²) < 4.78 is 53.3. The van der Waals surface area contributed by atoms with E-state index < -0.39 is 34.2 Å². The molecule has 0 nitrogen and oxygen atoms in total. The number of hydrogen-bond acceptors (Lipinski definition) is 0. The van der Waals surface area contributed by atoms with E-state index in [9.17, 15) is 17.6 Å². The molecule has 0 amide bonds. The highest BCUT2D eigenvalue weighted by Crippen LogP contribution is 2.33. The zero-order valence-electron chi connectivity index (χ0n) is 9.85. The van der Waals surface area contributed by atoms with Crippen LogP contribution in [-0.2, 0) is 0 Å². The van der Waals surface area contributed by atoms with Crippen molar-refractivity contribution >= 4 is 11.6 Å². The molecule has 2 aromatic rings. The van der Waals surface area contributed by atoms with E-state index in [2.05, 4.69) is 0 Å². The second-order valence-corrected chi connectivity index (χ2v) is 4.64. The molecular formula is C14H9ClF4. The largest absolute Gasteiger partial charge is 0.207 e. The topological polar surface area (TPSA) is 0 Å². The van der Waals surface area contributed by atoms with Gasteiger partial charge in [0.25, 0.3) is 0 Å². The first-order valence-electron chi connectivity index (χ1n) is 5.44. The van der Waals surface area contributed by atoms with Crippen molar-refractivity contribution < 1.29 is 17.6 Å². The smallest absolute Gasteiger partial charge is 0.134 e. The van der Waals surface area contributed by atoms with Crippen LogP contribution in [0.15, 0.2) is 30.3 Å². The molecule has 0 bridgehead atoms. The molecule has 0 aromatic heterocycles. The summed E-state index contributed by atoms with van der Waals surface area (Å²) >= 11 is 5.97. The first-order valence-corrected chi connectivity index (χ1v) is 5.87. The van der Waals surface area contributed by atoms with E-state index in [0.29, 0.717) is 17.7 Å². The van der Waals surface area contributed by atoms with E-state index >= 15 is 0 Å². The monoisotopic (exact) mass is 288 g/mol. The Morgan fingerprint density at radius 2 is 1.37 bits per heavy atom. The minimum Gasteiger partial charge on any atom is -0.207 e. The fourth-order valence-electron chi connectivity index (χ4n) is 1.87. The molecule has 0 heterocycles. The van der Waals surface area contributed by atoms with Gasteiger partial charge in [-0.2, -0.15) is 0 Å². The van der Waals surface area contributed by atoms with Crippen molar-refractivity contribution in [2.24, 2.45) is 0 Å². The van der Waals surface area contributed by atoms with Gasteiger partial charge in [0.15, 0.2) is 0 Å². The number of halogens is 5. The summed E-state index contributed by atoms with van der Waals surface area (Å²) in [6.07, 6.45) is 0. The SMILES string of the molecule is Cc1cc(F)cc(C(Cl)c2c(F)cc(F)cc2F)c1. The van der Waals surface area contributed by atoms with Gasteiger partial charge in [-0.25, -0.2) is 17.6 Å². The summed E-state index contributed by atoms with van der Waals surface area (Å²) in [6.45, 7) is 1.63. The highest BCUT2D eigenvalue weighted by atomic mass is 35.5. The molecule has 1 unspecified atom stereocenters. The van der Waals surface area contributed by atoms with Crippen LogP contribution in [0.3, 0.4) is 0 Å². The van der Waals surface area contributed by atoms with Gasteiger partial charge in [0.2, 0.25) is 0 Å². The van der Waals surface area contributed by atoms with Gasteiger partial charge in [-0.15, -0.1) is 11.6 Å². The molecule has 2 rings (SSSR count). The molecule has 19 heavy (non-hydrogen) atoms. The molecule has 5 heteroatoms. The maximum atomic E-state index is 13.6. The van der Waals surface area contributed by atoms with Gasteiger partial charge in [-0.3, -0.25) is 0 Å². The van der Waals surface area contributed by atoms with Gasteiger partial charge in [-0.1, -0.05) is 6.07 Å². The van der Waals surface area contributed by atoms with Crippen LogP contribution >= 0.6 is 11.6 Å². The van der Waals surface area contributed by atoms with Crippen molar-refractivity contribution in [3.8, 4) is 0 Å². The summed E-state index contributed by atoms with van der Waals surface area (Å²) in [5.74, 6) is -3.78. The third kappa shape index (κ3) is 2.89. The molecule has 0 radical (unpaired) electrons. The van der Waals surface area contributed by atoms with Crippen molar-refractivity contribution in [2.75, 3.05) is 0 Å². The first kappa shape index (κ1) is 13.9. The molecule has 0 fully saturated rings. The number of rotatable bonds is 2. The average Bonchev–Trinajstić information content (AvgIpc) is 2.25. The lowest BCUT2D eigenvalue weighted by Crippen LogP contribution is -2.03. The lowest BCUT2D eigenvalue weighted by Gasteiger charge is -2.13. The second kappa shape index (κ2) is 5.21. The van der Waals surface area contributed by atoms with Gasteiger partial charge in [0.05, 0.1) is 5.38 Å². The molecule has 0 aliphatic rings. The van der Waals surface area contributed by atoms with Gasteiger partial charge in [-0.05, 0) is 30.2 Å². The average molecular weight is 289 g/mol. The van der Waals surface area contributed by atoms with Gasteiger partial charge in [0, 0.05) is 17.7 Å². The fourth-order valence-corrected chi connectivity index (χ4v) is 2.21. The lowest BCUT2D eigenvalue weighted by atomic mass is 10.0. The maximum absolute atomic E-state index is 13.6. The summed E-state index contributed by atoms with van der Waals surface area (Å²) in [5.41, 5.74) is 0.292. The van der Waals surface area contributed by atoms with Crippen LogP contribution in [0.2, 0.25) is 0 Å². The molecule has 0 N–H and O–H groups in total. The van der Waals surface area contributed by atoms with E-state index in [1.165, 1.54) is 12.1 Å². The summed E-state index contributed by atoms with van der Waals surface area (Å²) in [7, 11) is 0. The van der Waals surface area contributed by atoms with Crippen LogP contribution < -0.4 is 0 Å². The number of hydrogen-bond donors (Lipinski definition) is 0. The van der Waals surface area contributed by atoms with Crippen molar-refractivity contribution in [1.29, 1.82) is 0 Å². The maximum Gasteiger partial charge on any atom is 0.134 e. The van der Waals surface area contributed by atoms with Crippen LogP contribution in [0.1, 0.15) is 22.1 Å². The van der Waals surface area contributed by atoms with Crippen LogP contribution in [0.4, 0.5) is 17.6 Å². The number of benzene rings is 2. The highest BCUT2D eigenvalue weighted by molar-refractivity contribution is 6.22. The lowest BCUT2D eigenvalue weighted by molar-refractivity contribution is 0.525. The quantitative estimate of drug-likeness (QED) is 0.546. The Hall–Kier alpha value is -1.55. The Balaban J connectivity index is 2.52. The van der Waals surface area contributed by atoms with Gasteiger partial charge >= 0.3 is 0 Å². The number of aryl methyl sites for hydroxylation is 1. The van der Waals surface area contributed by atoms with Gasteiger partial charge < -0.3 is 0 Å². The van der Waals surface area contributed by atoms with Crippen LogP contribution in [-0.4, -0.2) is 0 Å². The van der Waals surface area contributed by atoms with Gasteiger partial charge in [0.1, 0.15) is 23.3 Å². The first-order chi connectivity index (χ1) is 8.88. The molecular weight excluding hydrogens is 280 g/mol. The molecule has 100 valence electrons. The molecule has 0 saturated carbocycles. The summed E-state index contributed by atoms with van der Waals surface area (Å²) in [4.78, 5) is 0. The third-order valence-electron chi connectivity index (χ3n) is 2.65. The van der Waals surface area contributed by atoms with Crippen molar-refractivity contribution in [1.82, 2.24) is 0 Å². The third-order valence-corrected chi connectivity index (χ3v) is 3.12. The minimum absolute atomic E-state index is 0.212. The van der Waals surface area contributed by atoms with Crippen LogP contribution in [0, 0.1) is 30.2 Å². The Bertz CT molecular complexity index is 582. The zero-order valence-corrected chi connectivity index (χ0v) is 10.6. The summed E-state index contributed by atoms with van der Waals surface area (Å²) in [5, 5.41) is -1.23. The van der Waals surface area contributed by atoms with Crippen LogP contribution in [0.25, 0.3) is 0 Å². The van der Waals surface area contributed by atoms with E-state index in [0.717, 1.165) is 6.07 Å². The van der Waals surface area contributed by atoms with Crippen molar-refractivity contribution in [3.63, 3.8) is 0 Å². The standard InChI is InChI=1S/C14H9ClF4/c1-7-2-8(4-9(16)3-7)14(15)13-11(18)5-10(17)6-12(13)19/h2-6,14H,1H3. The van der Waals surface area contributed by atoms with E-state index in [1.54, 1.807) is 6.92 Å². The predicted octanol–water partition coefficient (Wildman–Crippen LogP) is 4.88. The van der Waals surface area contributed by atoms with E-state index in [4.69, 9.17) is 11.6 Å². The normalized spacial score (nSPS) is 12.5. The summed E-state index contributed by atoms with van der Waals surface area (Å²) in [6, 6.07) is 4.96. The molecule has 0 aliphatic heterocycles. The second-order valence-electron chi connectivity index (χ2n) is 4.21. The van der Waals surface area contributed by atoms with Crippen LogP contribution in [0.5, 0.6) is 0 Å². The molecule has 0 saturated heterocycles. The Morgan fingerprint density at radius 3 is 1.89 bits per heavy atom. The highest BCUT2D eigenvalue weighted by Gasteiger charge is 2.21. The minimum atomic E-state index is -1.23. The van der Waals surface area contributed by atoms with E-state index in [-0.39, 0.29) is 5.56 Å². The van der Waals surface area contributed by atoms with E-state index in [1.807, 2.05) is 0 Å². The Morgan fingerprint density at radius 1 is 0.842 bits per heavy atom. The van der Waals surface area contributed by atoms with Crippen molar-refractivity contribution in [2.45, 2.75) is 12.3 Å². The molecule has 0 aliphatic carbocycles. The fraction of sp³-hybridized carbons (Fsp3) is 0.143. The van der Waals surface area contributed by atoms with Crippen molar-refractivity contribution in [3.05, 3.63) is 70.3 Å². The predicted molar refractivity (Wildman–Crippen MR) is 65.1 cm³/mol. The molecule has 2 aromatic carbocycles. The molecule has 1 atom stereocenters. The molecule has 0 spiro atoms. The zero-order chi connectivity index (χ0) is 14.2.